The summed E-state index contributed by atoms with van der Waals surface area (Å²) in [5.74, 6) is 2.73. The summed E-state index contributed by atoms with van der Waals surface area (Å²) in [5, 5.41) is 17.1. The van der Waals surface area contributed by atoms with Crippen LogP contribution in [0.3, 0.4) is 0 Å². The Kier molecular flexibility index (Phi) is 54.7. The van der Waals surface area contributed by atoms with Crippen molar-refractivity contribution in [2.24, 2.45) is 71.0 Å². The molecule has 0 aromatic rings. The average molecular weight is 1360 g/mol. The first-order valence-corrected chi connectivity index (χ1v) is 34.0. The minimum Gasteiger partial charge on any atom is -0.481 e. The lowest BCUT2D eigenvalue weighted by atomic mass is 9.90. The van der Waals surface area contributed by atoms with Gasteiger partial charge in [-0.3, -0.25) is 28.8 Å². The van der Waals surface area contributed by atoms with E-state index in [4.69, 9.17) is 59.2 Å². The van der Waals surface area contributed by atoms with E-state index < -0.39 is 15.2 Å². The number of carbonyl (C=O) groups excluding carboxylic acids is 8. The molecule has 19 nitrogen and oxygen atoms in total. The summed E-state index contributed by atoms with van der Waals surface area (Å²) in [6.07, 6.45) is 19.1. The number of aliphatic hydroxyl groups excluding tert-OH is 1. The lowest BCUT2D eigenvalue weighted by molar-refractivity contribution is -0.150. The van der Waals surface area contributed by atoms with Crippen LogP contribution in [0.5, 0.6) is 0 Å². The molecule has 23 heteroatoms. The second kappa shape index (κ2) is 53.7. The summed E-state index contributed by atoms with van der Waals surface area (Å²) in [4.78, 5) is 105. The molecule has 528 valence electrons. The number of halogens is 3. The average Bonchev–Trinajstić information content (AvgIpc) is 2.58. The number of carboxylic acid groups (broad SMARTS) is 1. The Morgan fingerprint density at radius 3 is 0.955 bits per heavy atom. The Hall–Kier alpha value is -2.63. The number of hydrogen-bond acceptors (Lipinski definition) is 18. The Bertz CT molecular complexity index is 1960. The highest BCUT2D eigenvalue weighted by molar-refractivity contribution is 8.26. The Morgan fingerprint density at radius 2 is 0.663 bits per heavy atom. The fourth-order valence-corrected chi connectivity index (χ4v) is 13.2. The fraction of sp³-hybridized carbons (Fsp3) is 0.864. The predicted molar refractivity (Wildman–Crippen MR) is 356 cm³/mol. The summed E-state index contributed by atoms with van der Waals surface area (Å²) in [7, 11) is 10.6. The highest BCUT2D eigenvalue weighted by Gasteiger charge is 2.38. The number of hydrogen-bond donors (Lipinski definition) is 2. The highest BCUT2D eigenvalue weighted by atomic mass is 36.0. The van der Waals surface area contributed by atoms with Gasteiger partial charge in [0.15, 0.2) is 0 Å². The van der Waals surface area contributed by atoms with Crippen molar-refractivity contribution in [1.82, 2.24) is 0 Å². The van der Waals surface area contributed by atoms with Crippen molar-refractivity contribution < 1.29 is 95.0 Å². The monoisotopic (exact) mass is 1360 g/mol. The molecule has 89 heavy (non-hydrogen) atoms. The molecule has 0 aromatic carbocycles. The predicted octanol–water partition coefficient (Wildman–Crippen LogP) is 13.3. The largest absolute Gasteiger partial charge is 0.481 e. The van der Waals surface area contributed by atoms with Crippen LogP contribution in [0, 0.1) is 71.0 Å². The molecule has 0 aromatic heterocycles. The van der Waals surface area contributed by atoms with E-state index in [0.717, 1.165) is 103 Å². The zero-order valence-electron chi connectivity index (χ0n) is 51.3. The number of carboxylic acids is 1. The third kappa shape index (κ3) is 42.3. The minimum atomic E-state index is -1.67. The second-order valence-corrected chi connectivity index (χ2v) is 27.0. The van der Waals surface area contributed by atoms with Crippen molar-refractivity contribution in [3.05, 3.63) is 0 Å². The van der Waals surface area contributed by atoms with Gasteiger partial charge in [0.25, 0.3) is 0 Å². The number of aliphatic carboxylic acids is 1. The van der Waals surface area contributed by atoms with Crippen LogP contribution in [0.4, 0.5) is 0 Å². The molecule has 6 aliphatic carbocycles. The normalized spacial score (nSPS) is 25.4. The standard InChI is InChI=1S/C23H38O7.C16H23ClO3.C16H24O4.C7H16O4.4CH4.Cl2OS.3H2/c1-17(24)13-18-3-5-20(14-18)22(25)16-19-4-6-21(15-19)23(26)30-12-11-29-10-9-28-8-7-27-2;1-10(18)6-11-2-4-13(7-11)15(19)9-12-3-5-14(8-12)16(17)20;1-10(17)6-11-2-4-13(7-11)15(18)9-12-3-5-14(8-12)16(19)20;1-9-4-5-11-7-6-10-3-2-8;;;;;1-4(2)3;;;/h18-21H,3-16H2,1-2H3;11-14H,2-9H2,1H3;11-14H,2-9H2,1H3,(H,19,20);8H,2-7H2,1H3;4*1H4;;3*1H/i;;;;;;;;;3*1+1. The molecule has 12 unspecified atom stereocenters. The number of aliphatic hydroxyl groups is 1. The topological polar surface area (TPSA) is 276 Å². The molecular formula is C66H123Cl3O19S. The number of rotatable bonds is 35. The third-order valence-electron chi connectivity index (χ3n) is 17.1. The first-order chi connectivity index (χ1) is 40.5. The van der Waals surface area contributed by atoms with Crippen LogP contribution in [0.15, 0.2) is 0 Å². The van der Waals surface area contributed by atoms with Gasteiger partial charge in [-0.1, -0.05) is 29.7 Å². The molecule has 0 aliphatic heterocycles. The van der Waals surface area contributed by atoms with Crippen molar-refractivity contribution in [2.45, 2.75) is 205 Å². The van der Waals surface area contributed by atoms with Gasteiger partial charge in [-0.05, 0) is 183 Å². The summed E-state index contributed by atoms with van der Waals surface area (Å²) in [6, 6.07) is 0. The van der Waals surface area contributed by atoms with Crippen molar-refractivity contribution in [3.8, 4) is 0 Å². The van der Waals surface area contributed by atoms with Crippen LogP contribution in [-0.4, -0.2) is 160 Å². The SMILES string of the molecule is C.C.C.C.CC(=O)CC1CCC(C(=O)CC2CCC(C(=O)Cl)C2)C1.CC(=O)CC1CCC(C(=O)CC2CCC(C(=O)O)C2)C1.COCCOCCOCCO.COCCOCCOCCOC(=O)C1CCC(CC(=O)C2CCC(CC(C)=O)C2)C1.O=S(Cl)Cl.[2HH].[2HH].[2HH]. The van der Waals surface area contributed by atoms with Crippen LogP contribution < -0.4 is 0 Å². The van der Waals surface area contributed by atoms with E-state index in [1.54, 1.807) is 35.0 Å². The fourth-order valence-electron chi connectivity index (χ4n) is 13.0. The summed E-state index contributed by atoms with van der Waals surface area (Å²) in [5.41, 5.74) is 0. The molecule has 0 heterocycles. The maximum absolute atomic E-state index is 12.6. The lowest BCUT2D eigenvalue weighted by Crippen LogP contribution is -2.19. The first-order valence-electron chi connectivity index (χ1n) is 30.8. The number of ketones is 6. The van der Waals surface area contributed by atoms with E-state index in [9.17, 15) is 43.2 Å². The number of carbonyl (C=O) groups is 9. The van der Waals surface area contributed by atoms with E-state index in [-0.39, 0.29) is 123 Å². The molecular weight excluding hydrogens is 1240 g/mol. The zero-order valence-corrected chi connectivity index (χ0v) is 54.3. The van der Waals surface area contributed by atoms with E-state index >= 15 is 0 Å². The highest BCUT2D eigenvalue weighted by Crippen LogP contribution is 2.42. The van der Waals surface area contributed by atoms with Crippen molar-refractivity contribution in [2.75, 3.05) is 93.5 Å². The Balaban J connectivity index is -0.000000267. The molecule has 0 saturated heterocycles. The summed E-state index contributed by atoms with van der Waals surface area (Å²) < 4.78 is 44.8. The van der Waals surface area contributed by atoms with Gasteiger partial charge in [0.05, 0.1) is 84.5 Å². The van der Waals surface area contributed by atoms with Crippen LogP contribution in [0.2, 0.25) is 0 Å². The van der Waals surface area contributed by atoms with Crippen molar-refractivity contribution in [3.63, 3.8) is 0 Å². The van der Waals surface area contributed by atoms with E-state index in [1.807, 2.05) is 0 Å². The molecule has 12 atom stereocenters. The van der Waals surface area contributed by atoms with Crippen molar-refractivity contribution >= 4 is 94.1 Å². The van der Waals surface area contributed by atoms with Gasteiger partial charge in [0.2, 0.25) is 14.5 Å². The van der Waals surface area contributed by atoms with E-state index in [2.05, 4.69) is 21.4 Å². The summed E-state index contributed by atoms with van der Waals surface area (Å²) in [6.45, 7) is 10.3. The number of Topliss-reactive ketones (excluding diaryl/α,β-unsaturated/α-hetero) is 6. The van der Waals surface area contributed by atoms with Gasteiger partial charge in [-0.2, -0.15) is 0 Å². The molecule has 0 amide bonds. The quantitative estimate of drug-likeness (QED) is 0.0339. The molecule has 2 N–H and O–H groups in total. The summed E-state index contributed by atoms with van der Waals surface area (Å²) >= 11 is 5.52. The Labute approximate surface area is 555 Å². The second-order valence-electron chi connectivity index (χ2n) is 24.1. The van der Waals surface area contributed by atoms with Gasteiger partial charge in [0, 0.05) is 102 Å². The third-order valence-corrected chi connectivity index (χ3v) is 17.4. The van der Waals surface area contributed by atoms with Crippen LogP contribution in [0.25, 0.3) is 0 Å². The number of esters is 1. The maximum Gasteiger partial charge on any atom is 0.309 e. The number of methoxy groups -OCH3 is 2. The molecule has 0 bridgehead atoms. The van der Waals surface area contributed by atoms with Gasteiger partial charge >= 0.3 is 11.9 Å². The molecule has 0 radical (unpaired) electrons. The van der Waals surface area contributed by atoms with Gasteiger partial charge in [-0.25, -0.2) is 4.21 Å². The van der Waals surface area contributed by atoms with E-state index in [1.165, 1.54) is 0 Å². The van der Waals surface area contributed by atoms with Gasteiger partial charge < -0.3 is 57.8 Å². The zero-order chi connectivity index (χ0) is 63.1. The lowest BCUT2D eigenvalue weighted by Gasteiger charge is -2.14. The van der Waals surface area contributed by atoms with Gasteiger partial charge in [0.1, 0.15) is 41.3 Å². The van der Waals surface area contributed by atoms with Crippen LogP contribution >= 0.6 is 33.0 Å². The van der Waals surface area contributed by atoms with Gasteiger partial charge in [-0.15, -0.1) is 0 Å². The molecule has 6 rings (SSSR count). The smallest absolute Gasteiger partial charge is 0.309 e. The maximum atomic E-state index is 12.6. The molecule has 6 aliphatic rings. The molecule has 6 saturated carbocycles. The number of ether oxygens (including phenoxy) is 7. The van der Waals surface area contributed by atoms with Crippen LogP contribution in [0.1, 0.15) is 209 Å². The molecule has 0 spiro atoms. The van der Waals surface area contributed by atoms with E-state index in [0.29, 0.717) is 158 Å². The molecule has 6 fully saturated rings. The first kappa shape index (κ1) is 90.6. The Morgan fingerprint density at radius 1 is 0.404 bits per heavy atom. The van der Waals surface area contributed by atoms with Crippen LogP contribution in [-0.2, 0) is 85.5 Å². The van der Waals surface area contributed by atoms with Crippen molar-refractivity contribution in [1.29, 1.82) is 0 Å². The minimum absolute atomic E-state index is 0.